The molecule has 57 heteroatoms. The minimum Gasteiger partial charge on any atom is -0.508 e. The molecule has 14 atom stereocenters. The lowest BCUT2D eigenvalue weighted by Gasteiger charge is -2.29. The molecule has 0 spiro atoms. The minimum absolute atomic E-state index is 0.0509. The summed E-state index contributed by atoms with van der Waals surface area (Å²) in [5, 5.41) is 153. The Morgan fingerprint density at radius 1 is 0.350 bits per heavy atom. The number of imidazole rings is 1. The Labute approximate surface area is 801 Å². The van der Waals surface area contributed by atoms with Crippen molar-refractivity contribution in [2.24, 2.45) is 28.7 Å². The maximum absolute atomic E-state index is 15.3. The number of aliphatic carboxylic acids is 5. The number of aromatic hydroxyl groups is 3. The first-order valence-electron chi connectivity index (χ1n) is 43.1. The molecule has 4 rings (SSSR count). The van der Waals surface area contributed by atoms with Gasteiger partial charge in [0, 0.05) is 70.0 Å². The molecule has 15 amide bonds. The Bertz CT molecular complexity index is 4980. The van der Waals surface area contributed by atoms with Gasteiger partial charge >= 0.3 is 29.8 Å². The van der Waals surface area contributed by atoms with Crippen molar-refractivity contribution in [3.8, 4) is 17.2 Å². The number of carboxylic acids is 5. The van der Waals surface area contributed by atoms with Crippen molar-refractivity contribution in [3.05, 3.63) is 108 Å². The zero-order chi connectivity index (χ0) is 104. The van der Waals surface area contributed by atoms with Crippen molar-refractivity contribution in [1.29, 1.82) is 16.2 Å². The fourth-order valence-electron chi connectivity index (χ4n) is 13.2. The van der Waals surface area contributed by atoms with Gasteiger partial charge in [-0.15, -0.1) is 0 Å². The Hall–Kier alpha value is -16.2. The first-order valence-corrected chi connectivity index (χ1v) is 44.5. The molecule has 0 bridgehead atoms. The molecule has 0 aliphatic rings. The normalized spacial score (nSPS) is 13.8. The van der Waals surface area contributed by atoms with Gasteiger partial charge in [0.15, 0.2) is 17.9 Å². The topological polar surface area (TPSA) is 958 Å². The number of rotatable bonds is 65. The quantitative estimate of drug-likeness (QED) is 0.0111. The summed E-state index contributed by atoms with van der Waals surface area (Å²) in [6, 6.07) is -12.1. The summed E-state index contributed by atoms with van der Waals surface area (Å²) in [5.41, 5.74) is 28.0. The predicted octanol–water partition coefficient (Wildman–Crippen LogP) is -10.3. The number of aliphatic hydroxyl groups is 1. The van der Waals surface area contributed by atoms with Crippen molar-refractivity contribution in [2.45, 2.75) is 200 Å². The monoisotopic (exact) mass is 1990 g/mol. The van der Waals surface area contributed by atoms with Gasteiger partial charge in [-0.05, 0) is 123 Å². The SMILES string of the molecule is CSCC[C@H](NC(=O)[C@H](CC(N)=O)NC(=O)[C@H](CCC(=O)O)NC(=O)[C@H](CCCNC(=N)N)NC(=O)[C@H](Cc1ccc(O)cc1)NC(=O)[C@H](Cc1ccc(O)cc1)NC(=O)[C@H](CCCNC(=N)N)NC(=O)[C@H](CC(=O)O)NC(=O)[C@H](CCC(=O)O)NC(=O)[C@H](Cc1ccc(O)cc1)NC(=O)[C@H](CC(=O)O)NC(=O)[C@H](CO)NC(=O)CN)C(=O)N[C@@H](Cc1cnc[nH]1)C(=O)N[C@@H](CCCNC(=N)N)C(=O)O. The number of hydrogen-bond donors (Lipinski definition) is 35. The number of phenolic OH excluding ortho intramolecular Hbond substituents is 3. The number of primary amides is 1. The highest BCUT2D eigenvalue weighted by atomic mass is 32.2. The van der Waals surface area contributed by atoms with Gasteiger partial charge in [0.2, 0.25) is 88.6 Å². The van der Waals surface area contributed by atoms with E-state index in [0.29, 0.717) is 0 Å². The standard InChI is InChI=1S/C83H119N27O29S/c1-140-28-24-51(71(129)107-56(32-43-37-92-39-96-43)75(133)103-52(80(138)139)7-4-27-95-83(90)91)102-76(134)57(33-61(85)115)108-69(127)49(20-22-63(117)118)100-67(125)47(5-2-25-93-81(86)87)98-72(130)53(29-40-8-14-44(112)15-9-40)105-74(132)55(31-42-12-18-46(114)19-13-42)104-68(126)48(6-3-26-94-82(88)89)99-77(135)58(34-65(121)122)109-70(128)50(21-23-64(119)120)101-73(131)54(30-41-10-16-45(113)17-11-41)106-78(136)59(35-66(123)124)110-79(137)60(38-111)97-62(116)36-84/h8-19,37,39,47-60,111-114H,2-7,20-36,38,84H2,1H3,(H2,85,115)(H,92,96)(H,97,116)(H,98,130)(H,99,135)(H,100,125)(H,101,131)(H,102,134)(H,103,133)(H,104,126)(H,105,132)(H,106,136)(H,107,129)(H,108,127)(H,109,128)(H,110,137)(H,117,118)(H,119,120)(H,121,122)(H,123,124)(H,138,139)(H4,86,87,93)(H4,88,89,94)(H4,90,91,95)/t47-,48-,49-,50-,51-,52-,53-,54-,55-,56-,57-,58-,59-,60-/m0/s1. The van der Waals surface area contributed by atoms with Crippen LogP contribution in [0.5, 0.6) is 17.2 Å². The molecule has 0 radical (unpaired) electrons. The number of guanidine groups is 3. The number of phenols is 3. The molecule has 0 aliphatic heterocycles. The largest absolute Gasteiger partial charge is 0.508 e. The van der Waals surface area contributed by atoms with Gasteiger partial charge in [0.05, 0.1) is 38.7 Å². The smallest absolute Gasteiger partial charge is 0.326 e. The number of nitrogens with one attached hydrogen (secondary N) is 21. The van der Waals surface area contributed by atoms with Crippen LogP contribution in [-0.4, -0.2) is 322 Å². The average Bonchev–Trinajstić information content (AvgIpc) is 0.962. The molecule has 1 heterocycles. The maximum atomic E-state index is 15.3. The third-order valence-corrected chi connectivity index (χ3v) is 21.0. The van der Waals surface area contributed by atoms with E-state index in [2.05, 4.69) is 89.7 Å². The summed E-state index contributed by atoms with van der Waals surface area (Å²) in [7, 11) is 0. The average molecular weight is 1990 g/mol. The Morgan fingerprint density at radius 2 is 0.621 bits per heavy atom. The number of thioether (sulfide) groups is 1. The Morgan fingerprint density at radius 3 is 0.900 bits per heavy atom. The summed E-state index contributed by atoms with van der Waals surface area (Å²) in [6.07, 6.45) is -6.81. The number of H-pyrrole nitrogens is 1. The molecule has 56 nitrogen and oxygen atoms in total. The molecule has 4 aromatic rings. The molecule has 0 aliphatic carbocycles. The number of aromatic amines is 1. The van der Waals surface area contributed by atoms with Crippen LogP contribution in [0, 0.1) is 16.2 Å². The van der Waals surface area contributed by atoms with Gasteiger partial charge in [-0.25, -0.2) is 9.78 Å². The molecular weight excluding hydrogens is 1870 g/mol. The van der Waals surface area contributed by atoms with Crippen LogP contribution in [0.4, 0.5) is 0 Å². The van der Waals surface area contributed by atoms with E-state index >= 15 is 14.4 Å². The van der Waals surface area contributed by atoms with Gasteiger partial charge in [0.25, 0.3) is 0 Å². The number of benzene rings is 3. The van der Waals surface area contributed by atoms with Crippen molar-refractivity contribution >= 4 is 148 Å². The van der Waals surface area contributed by atoms with Crippen LogP contribution in [0.2, 0.25) is 0 Å². The van der Waals surface area contributed by atoms with Crippen LogP contribution in [-0.2, 0) is 122 Å². The molecule has 0 saturated heterocycles. The second kappa shape index (κ2) is 60.3. The third-order valence-electron chi connectivity index (χ3n) is 20.4. The highest BCUT2D eigenvalue weighted by molar-refractivity contribution is 7.98. The van der Waals surface area contributed by atoms with Gasteiger partial charge in [-0.1, -0.05) is 36.4 Å². The minimum atomic E-state index is -2.31. The van der Waals surface area contributed by atoms with Crippen LogP contribution in [0.15, 0.2) is 85.3 Å². The Kier molecular flexibility index (Phi) is 50.0. The van der Waals surface area contributed by atoms with Crippen molar-refractivity contribution in [2.75, 3.05) is 44.8 Å². The second-order valence-corrected chi connectivity index (χ2v) is 32.5. The molecule has 3 aromatic carbocycles. The Balaban J connectivity index is 1.78. The molecule has 766 valence electrons. The molecule has 0 saturated carbocycles. The van der Waals surface area contributed by atoms with Gasteiger partial charge in [-0.3, -0.25) is 107 Å². The van der Waals surface area contributed by atoms with E-state index in [1.54, 1.807) is 6.26 Å². The number of hydrogen-bond acceptors (Lipinski definition) is 30. The van der Waals surface area contributed by atoms with Crippen LogP contribution in [0.1, 0.15) is 112 Å². The summed E-state index contributed by atoms with van der Waals surface area (Å²) >= 11 is 1.19. The van der Waals surface area contributed by atoms with Crippen molar-refractivity contribution < 1.29 is 142 Å². The van der Waals surface area contributed by atoms with E-state index in [4.69, 9.17) is 44.9 Å². The lowest BCUT2D eigenvalue weighted by Crippen LogP contribution is -2.61. The summed E-state index contributed by atoms with van der Waals surface area (Å²) in [4.78, 5) is 282. The van der Waals surface area contributed by atoms with Crippen LogP contribution >= 0.6 is 11.8 Å². The number of carbonyl (C=O) groups is 20. The number of aromatic nitrogens is 2. The van der Waals surface area contributed by atoms with Gasteiger partial charge in [0.1, 0.15) is 102 Å². The fourth-order valence-corrected chi connectivity index (χ4v) is 13.7. The summed E-state index contributed by atoms with van der Waals surface area (Å²) in [6.45, 7) is -2.16. The second-order valence-electron chi connectivity index (χ2n) is 31.5. The summed E-state index contributed by atoms with van der Waals surface area (Å²) < 4.78 is 0. The fraction of sp³-hybridized carbons (Fsp3) is 0.470. The highest BCUT2D eigenvalue weighted by Crippen LogP contribution is 2.19. The van der Waals surface area contributed by atoms with Gasteiger partial charge < -0.3 is 170 Å². The maximum Gasteiger partial charge on any atom is 0.326 e. The van der Waals surface area contributed by atoms with E-state index in [9.17, 15) is 127 Å². The summed E-state index contributed by atoms with van der Waals surface area (Å²) in [5.74, 6) is -29.7. The van der Waals surface area contributed by atoms with Crippen LogP contribution in [0.3, 0.4) is 0 Å². The zero-order valence-corrected chi connectivity index (χ0v) is 76.4. The van der Waals surface area contributed by atoms with E-state index < -0.39 is 311 Å². The first kappa shape index (κ1) is 116. The van der Waals surface area contributed by atoms with Gasteiger partial charge in [-0.2, -0.15) is 11.8 Å². The van der Waals surface area contributed by atoms with E-state index in [-0.39, 0.29) is 104 Å². The number of aliphatic hydroxyl groups excluding tert-OH is 1. The van der Waals surface area contributed by atoms with E-state index in [1.807, 2.05) is 10.6 Å². The number of amides is 15. The number of nitrogens with zero attached hydrogens (tertiary/aromatic N) is 1. The zero-order valence-electron chi connectivity index (χ0n) is 75.6. The van der Waals surface area contributed by atoms with Crippen molar-refractivity contribution in [1.82, 2.24) is 100 Å². The molecule has 1 aromatic heterocycles. The highest BCUT2D eigenvalue weighted by Gasteiger charge is 2.40. The number of nitrogens with two attached hydrogens (primary N) is 5. The van der Waals surface area contributed by atoms with E-state index in [1.165, 1.54) is 84.9 Å². The molecule has 0 unspecified atom stereocenters. The predicted molar refractivity (Wildman–Crippen MR) is 491 cm³/mol. The van der Waals surface area contributed by atoms with Crippen LogP contribution in [0.25, 0.3) is 0 Å². The molecule has 140 heavy (non-hydrogen) atoms. The lowest BCUT2D eigenvalue weighted by molar-refractivity contribution is -0.142. The molecule has 40 N–H and O–H groups in total. The molecular formula is C83H119N27O29S. The molecule has 0 fully saturated rings. The lowest BCUT2D eigenvalue weighted by atomic mass is 10.0. The van der Waals surface area contributed by atoms with Crippen LogP contribution < -0.4 is 119 Å². The first-order chi connectivity index (χ1) is 66.2. The number of carbonyl (C=O) groups excluding carboxylic acids is 15. The van der Waals surface area contributed by atoms with E-state index in [0.717, 1.165) is 12.1 Å². The number of carboxylic acid groups (broad SMARTS) is 5. The third kappa shape index (κ3) is 44.5. The van der Waals surface area contributed by atoms with Crippen molar-refractivity contribution in [3.63, 3.8) is 0 Å².